The van der Waals surface area contributed by atoms with Gasteiger partial charge in [-0.25, -0.2) is 4.79 Å². The number of ether oxygens (including phenoxy) is 1. The predicted molar refractivity (Wildman–Crippen MR) is 102 cm³/mol. The highest BCUT2D eigenvalue weighted by Gasteiger charge is 2.22. The second-order valence-corrected chi connectivity index (χ2v) is 6.45. The first-order valence-corrected chi connectivity index (χ1v) is 9.25. The molecule has 0 saturated carbocycles. The summed E-state index contributed by atoms with van der Waals surface area (Å²) in [5.74, 6) is -2.47. The molecule has 4 atom stereocenters. The topological polar surface area (TPSA) is 133 Å². The van der Waals surface area contributed by atoms with Gasteiger partial charge in [-0.3, -0.25) is 9.59 Å². The number of carbonyl (C=O) groups is 3. The number of aliphatic hydroxyl groups is 2. The summed E-state index contributed by atoms with van der Waals surface area (Å²) in [4.78, 5) is 32.7. The fraction of sp³-hybridized carbons (Fsp3) is 0.737. The Hall–Kier alpha value is -1.93. The van der Waals surface area contributed by atoms with Crippen molar-refractivity contribution in [3.05, 3.63) is 12.7 Å². The lowest BCUT2D eigenvalue weighted by atomic mass is 9.99. The molecule has 0 aromatic carbocycles. The predicted octanol–water partition coefficient (Wildman–Crippen LogP) is 1.50. The summed E-state index contributed by atoms with van der Waals surface area (Å²) in [7, 11) is 0. The summed E-state index contributed by atoms with van der Waals surface area (Å²) in [6.07, 6.45) is 2.49. The van der Waals surface area contributed by atoms with E-state index in [0.717, 1.165) is 25.7 Å². The highest BCUT2D eigenvalue weighted by atomic mass is 16.5. The number of hydrogen-bond donors (Lipinski definition) is 4. The third-order valence-corrected chi connectivity index (χ3v) is 3.86. The number of hydrogen-bond acceptors (Lipinski definition) is 6. The molecule has 0 aliphatic heterocycles. The van der Waals surface area contributed by atoms with Crippen molar-refractivity contribution in [2.24, 2.45) is 11.8 Å². The molecule has 0 aromatic heterocycles. The molecule has 0 saturated heterocycles. The molecule has 0 aliphatic carbocycles. The third-order valence-electron chi connectivity index (χ3n) is 3.86. The number of carboxylic acid groups (broad SMARTS) is 1. The van der Waals surface area contributed by atoms with Gasteiger partial charge in [0.05, 0.1) is 0 Å². The van der Waals surface area contributed by atoms with E-state index < -0.39 is 30.1 Å². The second kappa shape index (κ2) is 16.3. The Morgan fingerprint density at radius 1 is 1.04 bits per heavy atom. The largest absolute Gasteiger partial charge is 0.479 e. The molecule has 4 unspecified atom stereocenters. The van der Waals surface area contributed by atoms with E-state index in [9.17, 15) is 19.5 Å². The zero-order chi connectivity index (χ0) is 21.4. The fourth-order valence-corrected chi connectivity index (χ4v) is 2.19. The van der Waals surface area contributed by atoms with Crippen LogP contribution < -0.4 is 5.32 Å². The zero-order valence-electron chi connectivity index (χ0n) is 16.8. The Balaban J connectivity index is 0. The molecule has 4 N–H and O–H groups in total. The normalized spacial score (nSPS) is 14.6. The smallest absolute Gasteiger partial charge is 0.332 e. The van der Waals surface area contributed by atoms with E-state index in [1.54, 1.807) is 13.8 Å². The molecule has 8 heteroatoms. The van der Waals surface area contributed by atoms with Crippen LogP contribution in [0.5, 0.6) is 0 Å². The highest BCUT2D eigenvalue weighted by molar-refractivity contribution is 5.84. The third kappa shape index (κ3) is 13.9. The van der Waals surface area contributed by atoms with Crippen LogP contribution in [-0.2, 0) is 19.1 Å². The van der Waals surface area contributed by atoms with E-state index in [1.807, 2.05) is 13.8 Å². The molecule has 8 nitrogen and oxygen atoms in total. The van der Waals surface area contributed by atoms with Gasteiger partial charge in [0, 0.05) is 0 Å². The number of nitrogens with one attached hydrogen (secondary N) is 1. The van der Waals surface area contributed by atoms with Crippen LogP contribution in [0.15, 0.2) is 12.7 Å². The van der Waals surface area contributed by atoms with Crippen LogP contribution in [0.4, 0.5) is 0 Å². The van der Waals surface area contributed by atoms with Crippen molar-refractivity contribution in [2.45, 2.75) is 65.6 Å². The molecule has 0 spiro atoms. The SMILES string of the molecule is C=CCOC(=O)CNC(=O)C(O)C(C)CCC.CCCC(C)C(O)C(=O)O. The van der Waals surface area contributed by atoms with Gasteiger partial charge in [-0.2, -0.15) is 0 Å². The lowest BCUT2D eigenvalue weighted by Gasteiger charge is -2.17. The molecule has 0 fully saturated rings. The minimum Gasteiger partial charge on any atom is -0.479 e. The molecule has 0 bridgehead atoms. The fourth-order valence-electron chi connectivity index (χ4n) is 2.19. The number of esters is 1. The first kappa shape index (κ1) is 27.3. The van der Waals surface area contributed by atoms with Crippen LogP contribution in [0.2, 0.25) is 0 Å². The first-order chi connectivity index (χ1) is 12.6. The Morgan fingerprint density at radius 2 is 1.52 bits per heavy atom. The molecule has 27 heavy (non-hydrogen) atoms. The van der Waals surface area contributed by atoms with Gasteiger partial charge in [-0.1, -0.05) is 53.2 Å². The number of rotatable bonds is 12. The maximum atomic E-state index is 11.4. The van der Waals surface area contributed by atoms with Crippen molar-refractivity contribution < 1.29 is 34.4 Å². The van der Waals surface area contributed by atoms with Crippen LogP contribution in [0, 0.1) is 11.8 Å². The van der Waals surface area contributed by atoms with Crippen molar-refractivity contribution in [1.29, 1.82) is 0 Å². The van der Waals surface area contributed by atoms with Crippen LogP contribution in [0.1, 0.15) is 53.4 Å². The molecule has 0 radical (unpaired) electrons. The Kier molecular flexibility index (Phi) is 16.4. The minimum absolute atomic E-state index is 0.115. The van der Waals surface area contributed by atoms with E-state index >= 15 is 0 Å². The van der Waals surface area contributed by atoms with E-state index in [1.165, 1.54) is 6.08 Å². The number of aliphatic carboxylic acids is 1. The van der Waals surface area contributed by atoms with Crippen molar-refractivity contribution in [2.75, 3.05) is 13.2 Å². The summed E-state index contributed by atoms with van der Waals surface area (Å²) >= 11 is 0. The summed E-state index contributed by atoms with van der Waals surface area (Å²) in [5, 5.41) is 29.2. The maximum absolute atomic E-state index is 11.4. The summed E-state index contributed by atoms with van der Waals surface area (Å²) in [6, 6.07) is 0. The summed E-state index contributed by atoms with van der Waals surface area (Å²) < 4.78 is 4.68. The lowest BCUT2D eigenvalue weighted by Crippen LogP contribution is -2.41. The van der Waals surface area contributed by atoms with Crippen LogP contribution in [-0.4, -0.2) is 58.5 Å². The number of aliphatic hydroxyl groups excluding tert-OH is 2. The van der Waals surface area contributed by atoms with Crippen LogP contribution in [0.25, 0.3) is 0 Å². The van der Waals surface area contributed by atoms with Crippen LogP contribution in [0.3, 0.4) is 0 Å². The number of carboxylic acids is 1. The summed E-state index contributed by atoms with van der Waals surface area (Å²) in [5.41, 5.74) is 0. The quantitative estimate of drug-likeness (QED) is 0.293. The molecule has 1 amide bonds. The van der Waals surface area contributed by atoms with Gasteiger partial charge in [0.15, 0.2) is 6.10 Å². The second-order valence-electron chi connectivity index (χ2n) is 6.45. The molecule has 0 aliphatic rings. The van der Waals surface area contributed by atoms with Crippen molar-refractivity contribution in [3.8, 4) is 0 Å². The van der Waals surface area contributed by atoms with Gasteiger partial charge in [0.25, 0.3) is 0 Å². The molecule has 158 valence electrons. The average molecular weight is 389 g/mol. The monoisotopic (exact) mass is 389 g/mol. The van der Waals surface area contributed by atoms with Gasteiger partial charge in [-0.15, -0.1) is 0 Å². The maximum Gasteiger partial charge on any atom is 0.332 e. The Bertz CT molecular complexity index is 453. The zero-order valence-corrected chi connectivity index (χ0v) is 16.8. The van der Waals surface area contributed by atoms with Gasteiger partial charge < -0.3 is 25.4 Å². The molecular formula is C19H35NO7. The molecule has 0 rings (SSSR count). The molecule has 0 aromatic rings. The Labute approximate surface area is 161 Å². The van der Waals surface area contributed by atoms with Gasteiger partial charge >= 0.3 is 11.9 Å². The van der Waals surface area contributed by atoms with Gasteiger partial charge in [0.1, 0.15) is 19.3 Å². The standard InChI is InChI=1S/C12H21NO4.C7H14O3/c1-4-6-9(3)11(15)12(16)13-8-10(14)17-7-5-2;1-3-4-5(2)6(8)7(9)10/h5,9,11,15H,2,4,6-8H2,1,3H3,(H,13,16);5-6,8H,3-4H2,1-2H3,(H,9,10). The molecule has 0 heterocycles. The van der Waals surface area contributed by atoms with Crippen molar-refractivity contribution in [3.63, 3.8) is 0 Å². The van der Waals surface area contributed by atoms with E-state index in [2.05, 4.69) is 16.6 Å². The summed E-state index contributed by atoms with van der Waals surface area (Å²) in [6.45, 7) is 10.8. The number of carbonyl (C=O) groups excluding carboxylic acids is 2. The highest BCUT2D eigenvalue weighted by Crippen LogP contribution is 2.10. The van der Waals surface area contributed by atoms with Gasteiger partial charge in [-0.05, 0) is 24.7 Å². The van der Waals surface area contributed by atoms with Crippen molar-refractivity contribution >= 4 is 17.8 Å². The minimum atomic E-state index is -1.19. The lowest BCUT2D eigenvalue weighted by molar-refractivity contribution is -0.149. The van der Waals surface area contributed by atoms with E-state index in [0.29, 0.717) is 0 Å². The first-order valence-electron chi connectivity index (χ1n) is 9.25. The van der Waals surface area contributed by atoms with E-state index in [-0.39, 0.29) is 25.0 Å². The van der Waals surface area contributed by atoms with Crippen LogP contribution >= 0.6 is 0 Å². The number of amides is 1. The van der Waals surface area contributed by atoms with Gasteiger partial charge in [0.2, 0.25) is 5.91 Å². The van der Waals surface area contributed by atoms with Crippen molar-refractivity contribution in [1.82, 2.24) is 5.32 Å². The average Bonchev–Trinajstić information content (AvgIpc) is 2.63. The van der Waals surface area contributed by atoms with E-state index in [4.69, 9.17) is 10.2 Å². The Morgan fingerprint density at radius 3 is 1.93 bits per heavy atom. The molecular weight excluding hydrogens is 354 g/mol.